The molecule has 0 bridgehead atoms. The van der Waals surface area contributed by atoms with Crippen molar-refractivity contribution >= 4 is 5.78 Å². The van der Waals surface area contributed by atoms with Gasteiger partial charge in [-0.25, -0.2) is 0 Å². The lowest BCUT2D eigenvalue weighted by Crippen LogP contribution is -2.05. The van der Waals surface area contributed by atoms with Gasteiger partial charge in [0.1, 0.15) is 5.78 Å². The Balaban J connectivity index is 2.29. The summed E-state index contributed by atoms with van der Waals surface area (Å²) in [6, 6.07) is 0. The van der Waals surface area contributed by atoms with Gasteiger partial charge in [-0.1, -0.05) is 51.2 Å². The summed E-state index contributed by atoms with van der Waals surface area (Å²) in [5, 5.41) is 0. The summed E-state index contributed by atoms with van der Waals surface area (Å²) >= 11 is 0. The fraction of sp³-hybridized carbons (Fsp3) is 0.824. The molecule has 104 valence electrons. The predicted molar refractivity (Wildman–Crippen MR) is 78.7 cm³/mol. The molecule has 0 aromatic carbocycles. The third-order valence-corrected chi connectivity index (χ3v) is 3.90. The number of rotatable bonds is 0. The van der Waals surface area contributed by atoms with Gasteiger partial charge in [0.25, 0.3) is 0 Å². The lowest BCUT2D eigenvalue weighted by atomic mass is 9.96. The first-order chi connectivity index (χ1) is 8.79. The van der Waals surface area contributed by atoms with Crippen LogP contribution in [0.5, 0.6) is 0 Å². The van der Waals surface area contributed by atoms with E-state index in [9.17, 15) is 4.79 Å². The van der Waals surface area contributed by atoms with Gasteiger partial charge in [-0.2, -0.15) is 0 Å². The van der Waals surface area contributed by atoms with E-state index in [1.807, 2.05) is 0 Å². The van der Waals surface area contributed by atoms with Crippen molar-refractivity contribution in [2.45, 2.75) is 84.0 Å². The van der Waals surface area contributed by atoms with E-state index in [1.165, 1.54) is 51.4 Å². The molecule has 1 atom stereocenters. The molecule has 0 aliphatic heterocycles. The molecule has 1 aliphatic carbocycles. The van der Waals surface area contributed by atoms with Crippen molar-refractivity contribution in [1.82, 2.24) is 0 Å². The summed E-state index contributed by atoms with van der Waals surface area (Å²) in [4.78, 5) is 11.8. The Hall–Kier alpha value is -0.590. The minimum absolute atomic E-state index is 0.485. The SMILES string of the molecule is C[C@@H]1CC/C=C\CCCCCCCCCC(=O)C1. The molecule has 0 aromatic heterocycles. The summed E-state index contributed by atoms with van der Waals surface area (Å²) in [5.41, 5.74) is 0. The van der Waals surface area contributed by atoms with Crippen molar-refractivity contribution in [2.24, 2.45) is 5.92 Å². The summed E-state index contributed by atoms with van der Waals surface area (Å²) in [6.45, 7) is 2.22. The minimum atomic E-state index is 0.485. The van der Waals surface area contributed by atoms with Gasteiger partial charge in [-0.15, -0.1) is 0 Å². The first-order valence-electron chi connectivity index (χ1n) is 7.95. The van der Waals surface area contributed by atoms with E-state index >= 15 is 0 Å². The standard InChI is InChI=1S/C17H30O/c1-16-13-11-9-7-5-3-2-4-6-8-10-12-14-17(18)15-16/h7,9,16H,2-6,8,10-15H2,1H3/b9-7-/t16-/m1/s1. The molecule has 1 nitrogen and oxygen atoms in total. The third-order valence-electron chi connectivity index (χ3n) is 3.90. The van der Waals surface area contributed by atoms with Crippen LogP contribution in [0.15, 0.2) is 12.2 Å². The van der Waals surface area contributed by atoms with Crippen LogP contribution in [-0.4, -0.2) is 5.78 Å². The van der Waals surface area contributed by atoms with Crippen LogP contribution in [0.25, 0.3) is 0 Å². The van der Waals surface area contributed by atoms with Crippen LogP contribution in [0.2, 0.25) is 0 Å². The quantitative estimate of drug-likeness (QED) is 0.523. The van der Waals surface area contributed by atoms with Gasteiger partial charge in [0.15, 0.2) is 0 Å². The maximum absolute atomic E-state index is 11.8. The van der Waals surface area contributed by atoms with Crippen LogP contribution in [0.3, 0.4) is 0 Å². The van der Waals surface area contributed by atoms with E-state index in [4.69, 9.17) is 0 Å². The molecule has 0 saturated carbocycles. The number of allylic oxidation sites excluding steroid dienone is 2. The Morgan fingerprint density at radius 3 is 2.28 bits per heavy atom. The van der Waals surface area contributed by atoms with E-state index in [1.54, 1.807) is 0 Å². The molecule has 0 unspecified atom stereocenters. The molecule has 0 amide bonds. The number of carbonyl (C=O) groups excluding carboxylic acids is 1. The zero-order chi connectivity index (χ0) is 13.1. The van der Waals surface area contributed by atoms with Crippen molar-refractivity contribution < 1.29 is 4.79 Å². The molecule has 1 heteroatoms. The van der Waals surface area contributed by atoms with Crippen LogP contribution in [0.4, 0.5) is 0 Å². The number of ketones is 1. The van der Waals surface area contributed by atoms with Crippen LogP contribution < -0.4 is 0 Å². The largest absolute Gasteiger partial charge is 0.300 e. The van der Waals surface area contributed by atoms with E-state index in [0.29, 0.717) is 11.7 Å². The van der Waals surface area contributed by atoms with Gasteiger partial charge in [-0.05, 0) is 38.0 Å². The molecule has 1 rings (SSSR count). The maximum atomic E-state index is 11.8. The normalized spacial score (nSPS) is 27.8. The Morgan fingerprint density at radius 1 is 0.889 bits per heavy atom. The van der Waals surface area contributed by atoms with Crippen molar-refractivity contribution in [2.75, 3.05) is 0 Å². The zero-order valence-electron chi connectivity index (χ0n) is 12.1. The molecule has 0 fully saturated rings. The van der Waals surface area contributed by atoms with Gasteiger partial charge < -0.3 is 0 Å². The van der Waals surface area contributed by atoms with Crippen LogP contribution in [-0.2, 0) is 4.79 Å². The summed E-state index contributed by atoms with van der Waals surface area (Å²) in [7, 11) is 0. The molecule has 0 saturated heterocycles. The van der Waals surface area contributed by atoms with E-state index in [2.05, 4.69) is 19.1 Å². The van der Waals surface area contributed by atoms with E-state index in [-0.39, 0.29) is 0 Å². The second kappa shape index (κ2) is 10.3. The molecule has 0 heterocycles. The van der Waals surface area contributed by atoms with Gasteiger partial charge >= 0.3 is 0 Å². The molecular weight excluding hydrogens is 220 g/mol. The van der Waals surface area contributed by atoms with Crippen molar-refractivity contribution in [3.8, 4) is 0 Å². The topological polar surface area (TPSA) is 17.1 Å². The Morgan fingerprint density at radius 2 is 1.50 bits per heavy atom. The second-order valence-corrected chi connectivity index (χ2v) is 5.91. The monoisotopic (exact) mass is 250 g/mol. The molecule has 0 radical (unpaired) electrons. The van der Waals surface area contributed by atoms with E-state index < -0.39 is 0 Å². The van der Waals surface area contributed by atoms with Crippen LogP contribution in [0, 0.1) is 5.92 Å². The summed E-state index contributed by atoms with van der Waals surface area (Å²) in [6.07, 6.45) is 19.0. The molecule has 18 heavy (non-hydrogen) atoms. The zero-order valence-corrected chi connectivity index (χ0v) is 12.1. The number of carbonyl (C=O) groups is 1. The molecule has 0 spiro atoms. The Kier molecular flexibility index (Phi) is 8.89. The maximum Gasteiger partial charge on any atom is 0.133 e. The fourth-order valence-electron chi connectivity index (χ4n) is 2.68. The fourth-order valence-corrected chi connectivity index (χ4v) is 2.68. The Bertz CT molecular complexity index is 242. The summed E-state index contributed by atoms with van der Waals surface area (Å²) < 4.78 is 0. The first kappa shape index (κ1) is 15.5. The average Bonchev–Trinajstić information content (AvgIpc) is 2.33. The number of hydrogen-bond acceptors (Lipinski definition) is 1. The van der Waals surface area contributed by atoms with Crippen molar-refractivity contribution in [3.05, 3.63) is 12.2 Å². The van der Waals surface area contributed by atoms with Crippen molar-refractivity contribution in [3.63, 3.8) is 0 Å². The second-order valence-electron chi connectivity index (χ2n) is 5.91. The third kappa shape index (κ3) is 8.49. The highest BCUT2D eigenvalue weighted by Gasteiger charge is 2.08. The molecular formula is C17H30O. The van der Waals surface area contributed by atoms with Gasteiger partial charge in [0.05, 0.1) is 0 Å². The van der Waals surface area contributed by atoms with Crippen LogP contribution in [0.1, 0.15) is 84.0 Å². The highest BCUT2D eigenvalue weighted by Crippen LogP contribution is 2.16. The Labute approximate surface area is 113 Å². The lowest BCUT2D eigenvalue weighted by Gasteiger charge is -2.09. The van der Waals surface area contributed by atoms with Gasteiger partial charge in [0.2, 0.25) is 0 Å². The number of hydrogen-bond donors (Lipinski definition) is 0. The highest BCUT2D eigenvalue weighted by atomic mass is 16.1. The predicted octanol–water partition coefficient (Wildman–Crippen LogP) is 5.44. The van der Waals surface area contributed by atoms with Crippen molar-refractivity contribution in [1.29, 1.82) is 0 Å². The van der Waals surface area contributed by atoms with Gasteiger partial charge in [-0.3, -0.25) is 4.79 Å². The first-order valence-corrected chi connectivity index (χ1v) is 7.95. The highest BCUT2D eigenvalue weighted by molar-refractivity contribution is 5.78. The van der Waals surface area contributed by atoms with E-state index in [0.717, 1.165) is 25.7 Å². The smallest absolute Gasteiger partial charge is 0.133 e. The summed E-state index contributed by atoms with van der Waals surface area (Å²) in [5.74, 6) is 1.05. The van der Waals surface area contributed by atoms with Crippen LogP contribution >= 0.6 is 0 Å². The minimum Gasteiger partial charge on any atom is -0.300 e. The number of Topliss-reactive ketones (excluding diaryl/α,β-unsaturated/α-hetero) is 1. The lowest BCUT2D eigenvalue weighted by molar-refractivity contribution is -0.120. The molecule has 1 aliphatic rings. The molecule has 0 aromatic rings. The average molecular weight is 250 g/mol. The molecule has 0 N–H and O–H groups in total. The van der Waals surface area contributed by atoms with Gasteiger partial charge in [0, 0.05) is 12.8 Å².